The number of hydrogen-bond acceptors (Lipinski definition) is 3. The fourth-order valence-corrected chi connectivity index (χ4v) is 2.70. The van der Waals surface area contributed by atoms with Gasteiger partial charge in [-0.1, -0.05) is 0 Å². The van der Waals surface area contributed by atoms with E-state index in [9.17, 15) is 4.79 Å². The predicted molar refractivity (Wildman–Crippen MR) is 64.0 cm³/mol. The van der Waals surface area contributed by atoms with Gasteiger partial charge in [-0.05, 0) is 31.6 Å². The zero-order chi connectivity index (χ0) is 10.8. The SMILES string of the molecule is CC(=O)O[C@H]1CCC2NC(=N)CCC2C1.Cl. The molecule has 0 aromatic heterocycles. The summed E-state index contributed by atoms with van der Waals surface area (Å²) in [6, 6.07) is 0.443. The van der Waals surface area contributed by atoms with Gasteiger partial charge in [-0.2, -0.15) is 0 Å². The first-order valence-corrected chi connectivity index (χ1v) is 5.66. The molecular formula is C11H19ClN2O2. The lowest BCUT2D eigenvalue weighted by Crippen LogP contribution is -2.48. The van der Waals surface area contributed by atoms with E-state index in [0.29, 0.717) is 17.8 Å². The van der Waals surface area contributed by atoms with Crippen LogP contribution in [0.5, 0.6) is 0 Å². The van der Waals surface area contributed by atoms with Gasteiger partial charge in [-0.3, -0.25) is 10.2 Å². The fourth-order valence-electron chi connectivity index (χ4n) is 2.70. The second kappa shape index (κ2) is 5.53. The van der Waals surface area contributed by atoms with Crippen molar-refractivity contribution in [1.82, 2.24) is 5.32 Å². The predicted octanol–water partition coefficient (Wildman–Crippen LogP) is 1.87. The minimum absolute atomic E-state index is 0. The molecule has 2 unspecified atom stereocenters. The fraction of sp³-hybridized carbons (Fsp3) is 0.818. The van der Waals surface area contributed by atoms with Crippen LogP contribution in [0.4, 0.5) is 0 Å². The van der Waals surface area contributed by atoms with Gasteiger partial charge in [0.15, 0.2) is 0 Å². The number of ether oxygens (including phenoxy) is 1. The summed E-state index contributed by atoms with van der Waals surface area (Å²) in [5, 5.41) is 10.8. The molecule has 5 heteroatoms. The highest BCUT2D eigenvalue weighted by Gasteiger charge is 2.34. The van der Waals surface area contributed by atoms with E-state index in [1.54, 1.807) is 0 Å². The summed E-state index contributed by atoms with van der Waals surface area (Å²) < 4.78 is 5.25. The van der Waals surface area contributed by atoms with Crippen molar-refractivity contribution in [2.75, 3.05) is 0 Å². The molecule has 0 spiro atoms. The molecule has 2 rings (SSSR count). The second-order valence-electron chi connectivity index (χ2n) is 4.57. The lowest BCUT2D eigenvalue weighted by atomic mass is 9.78. The molecule has 0 amide bonds. The molecule has 1 saturated carbocycles. The molecule has 92 valence electrons. The third-order valence-corrected chi connectivity index (χ3v) is 3.39. The number of halogens is 1. The molecule has 1 aliphatic carbocycles. The van der Waals surface area contributed by atoms with Crippen molar-refractivity contribution in [3.05, 3.63) is 0 Å². The number of nitrogens with one attached hydrogen (secondary N) is 2. The van der Waals surface area contributed by atoms with E-state index in [1.165, 1.54) is 6.92 Å². The van der Waals surface area contributed by atoms with E-state index in [1.807, 2.05) is 0 Å². The minimum atomic E-state index is -0.171. The van der Waals surface area contributed by atoms with Gasteiger partial charge in [-0.15, -0.1) is 12.4 Å². The van der Waals surface area contributed by atoms with Crippen molar-refractivity contribution in [2.24, 2.45) is 5.92 Å². The Morgan fingerprint density at radius 2 is 2.19 bits per heavy atom. The quantitative estimate of drug-likeness (QED) is 0.695. The maximum atomic E-state index is 10.9. The molecule has 2 N–H and O–H groups in total. The van der Waals surface area contributed by atoms with Gasteiger partial charge in [0, 0.05) is 19.4 Å². The van der Waals surface area contributed by atoms with Crippen molar-refractivity contribution in [3.8, 4) is 0 Å². The van der Waals surface area contributed by atoms with Crippen LogP contribution in [-0.4, -0.2) is 24.0 Å². The summed E-state index contributed by atoms with van der Waals surface area (Å²) >= 11 is 0. The van der Waals surface area contributed by atoms with Crippen molar-refractivity contribution in [1.29, 1.82) is 5.41 Å². The zero-order valence-corrected chi connectivity index (χ0v) is 10.3. The maximum absolute atomic E-state index is 10.9. The number of fused-ring (bicyclic) bond motifs is 1. The summed E-state index contributed by atoms with van der Waals surface area (Å²) in [6.07, 6.45) is 4.93. The van der Waals surface area contributed by atoms with Gasteiger partial charge in [0.25, 0.3) is 0 Å². The Bertz CT molecular complexity index is 283. The lowest BCUT2D eigenvalue weighted by Gasteiger charge is -2.39. The average Bonchev–Trinajstić information content (AvgIpc) is 2.17. The molecule has 16 heavy (non-hydrogen) atoms. The van der Waals surface area contributed by atoms with Crippen LogP contribution in [0.25, 0.3) is 0 Å². The van der Waals surface area contributed by atoms with Crippen LogP contribution in [0.1, 0.15) is 39.0 Å². The normalized spacial score (nSPS) is 33.1. The molecule has 4 nitrogen and oxygen atoms in total. The van der Waals surface area contributed by atoms with Crippen LogP contribution in [0, 0.1) is 11.3 Å². The zero-order valence-electron chi connectivity index (χ0n) is 9.49. The van der Waals surface area contributed by atoms with Crippen molar-refractivity contribution in [2.45, 2.75) is 51.2 Å². The monoisotopic (exact) mass is 246 g/mol. The Kier molecular flexibility index (Phi) is 4.59. The van der Waals surface area contributed by atoms with Gasteiger partial charge in [0.2, 0.25) is 0 Å². The molecule has 3 atom stereocenters. The Morgan fingerprint density at radius 1 is 1.44 bits per heavy atom. The van der Waals surface area contributed by atoms with Gasteiger partial charge in [0.05, 0.1) is 5.84 Å². The summed E-state index contributed by atoms with van der Waals surface area (Å²) in [7, 11) is 0. The number of esters is 1. The van der Waals surface area contributed by atoms with E-state index in [-0.39, 0.29) is 24.5 Å². The molecule has 0 aromatic rings. The molecule has 2 aliphatic rings. The smallest absolute Gasteiger partial charge is 0.302 e. The van der Waals surface area contributed by atoms with Crippen molar-refractivity contribution in [3.63, 3.8) is 0 Å². The number of carbonyl (C=O) groups is 1. The number of hydrogen-bond donors (Lipinski definition) is 2. The highest BCUT2D eigenvalue weighted by molar-refractivity contribution is 5.85. The van der Waals surface area contributed by atoms with E-state index in [4.69, 9.17) is 10.1 Å². The standard InChI is InChI=1S/C11H18N2O2.ClH/c1-7(14)15-9-3-4-10-8(6-9)2-5-11(12)13-10;/h8-10H,2-6H2,1H3,(H2,12,13);1H/t8?,9-,10?;/m0./s1. The van der Waals surface area contributed by atoms with Crippen LogP contribution in [0.3, 0.4) is 0 Å². The Morgan fingerprint density at radius 3 is 2.88 bits per heavy atom. The first-order chi connectivity index (χ1) is 7.15. The van der Waals surface area contributed by atoms with Crippen molar-refractivity contribution < 1.29 is 9.53 Å². The van der Waals surface area contributed by atoms with Crippen LogP contribution in [-0.2, 0) is 9.53 Å². The van der Waals surface area contributed by atoms with Crippen LogP contribution >= 0.6 is 12.4 Å². The molecule has 2 fully saturated rings. The third-order valence-electron chi connectivity index (χ3n) is 3.39. The van der Waals surface area contributed by atoms with E-state index in [0.717, 1.165) is 32.1 Å². The second-order valence-corrected chi connectivity index (χ2v) is 4.57. The topological polar surface area (TPSA) is 62.2 Å². The minimum Gasteiger partial charge on any atom is -0.463 e. The number of amidine groups is 1. The lowest BCUT2D eigenvalue weighted by molar-refractivity contribution is -0.148. The first kappa shape index (κ1) is 13.3. The molecule has 0 bridgehead atoms. The number of rotatable bonds is 1. The van der Waals surface area contributed by atoms with Crippen LogP contribution in [0.2, 0.25) is 0 Å². The summed E-state index contributed by atoms with van der Waals surface area (Å²) in [4.78, 5) is 10.9. The Labute approximate surface area is 102 Å². The average molecular weight is 247 g/mol. The van der Waals surface area contributed by atoms with Gasteiger partial charge in [0.1, 0.15) is 6.10 Å². The molecule has 1 saturated heterocycles. The summed E-state index contributed by atoms with van der Waals surface area (Å²) in [5.41, 5.74) is 0. The summed E-state index contributed by atoms with van der Waals surface area (Å²) in [6.45, 7) is 1.47. The first-order valence-electron chi connectivity index (χ1n) is 5.66. The molecule has 0 aromatic carbocycles. The largest absolute Gasteiger partial charge is 0.463 e. The van der Waals surface area contributed by atoms with Gasteiger partial charge < -0.3 is 10.1 Å². The van der Waals surface area contributed by atoms with Gasteiger partial charge >= 0.3 is 5.97 Å². The van der Waals surface area contributed by atoms with E-state index < -0.39 is 0 Å². The highest BCUT2D eigenvalue weighted by atomic mass is 35.5. The molecule has 1 aliphatic heterocycles. The third kappa shape index (κ3) is 3.11. The Hall–Kier alpha value is -0.770. The van der Waals surface area contributed by atoms with Gasteiger partial charge in [-0.25, -0.2) is 0 Å². The number of carbonyl (C=O) groups excluding carboxylic acids is 1. The number of piperidine rings is 1. The maximum Gasteiger partial charge on any atom is 0.302 e. The molecule has 0 radical (unpaired) electrons. The van der Waals surface area contributed by atoms with E-state index in [2.05, 4.69) is 5.32 Å². The molecule has 1 heterocycles. The van der Waals surface area contributed by atoms with Crippen LogP contribution < -0.4 is 5.32 Å². The van der Waals surface area contributed by atoms with Crippen LogP contribution in [0.15, 0.2) is 0 Å². The molecular weight excluding hydrogens is 228 g/mol. The Balaban J connectivity index is 0.00000128. The summed E-state index contributed by atoms with van der Waals surface area (Å²) in [5.74, 6) is 1.08. The van der Waals surface area contributed by atoms with Crippen molar-refractivity contribution >= 4 is 24.2 Å². The highest BCUT2D eigenvalue weighted by Crippen LogP contribution is 2.32. The van der Waals surface area contributed by atoms with E-state index >= 15 is 0 Å².